The molecule has 1 heterocycles. The van der Waals surface area contributed by atoms with Gasteiger partial charge in [0.2, 0.25) is 10.0 Å². The predicted octanol–water partition coefficient (Wildman–Crippen LogP) is 2.00. The summed E-state index contributed by atoms with van der Waals surface area (Å²) in [6, 6.07) is 3.16. The van der Waals surface area contributed by atoms with Gasteiger partial charge >= 0.3 is 5.97 Å². The molecule has 1 aliphatic carbocycles. The van der Waals surface area contributed by atoms with E-state index in [9.17, 15) is 13.2 Å². The van der Waals surface area contributed by atoms with Gasteiger partial charge in [-0.15, -0.1) is 0 Å². The number of rotatable bonds is 3. The van der Waals surface area contributed by atoms with E-state index in [2.05, 4.69) is 15.9 Å². The van der Waals surface area contributed by atoms with Gasteiger partial charge < -0.3 is 5.11 Å². The summed E-state index contributed by atoms with van der Waals surface area (Å²) in [5.74, 6) is -1.06. The van der Waals surface area contributed by atoms with E-state index in [1.54, 1.807) is 6.07 Å². The van der Waals surface area contributed by atoms with Crippen LogP contribution < -0.4 is 4.31 Å². The molecule has 7 heteroatoms. The minimum Gasteiger partial charge on any atom is -0.478 e. The van der Waals surface area contributed by atoms with Crippen LogP contribution in [-0.2, 0) is 16.4 Å². The van der Waals surface area contributed by atoms with Crippen molar-refractivity contribution in [1.82, 2.24) is 0 Å². The molecule has 0 unspecified atom stereocenters. The Morgan fingerprint density at radius 3 is 2.63 bits per heavy atom. The number of hydrogen-bond donors (Lipinski definition) is 1. The van der Waals surface area contributed by atoms with Crippen molar-refractivity contribution in [2.24, 2.45) is 0 Å². The van der Waals surface area contributed by atoms with Crippen molar-refractivity contribution in [3.8, 4) is 0 Å². The molecule has 1 aliphatic heterocycles. The molecule has 1 fully saturated rings. The number of carboxylic acid groups (broad SMARTS) is 1. The molecule has 3 rings (SSSR count). The third-order valence-electron chi connectivity index (χ3n) is 3.50. The lowest BCUT2D eigenvalue weighted by molar-refractivity contribution is 0.0696. The molecule has 1 aromatic carbocycles. The highest BCUT2D eigenvalue weighted by molar-refractivity contribution is 9.10. The highest BCUT2D eigenvalue weighted by Crippen LogP contribution is 2.39. The normalized spacial score (nSPS) is 18.5. The van der Waals surface area contributed by atoms with E-state index in [1.807, 2.05) is 0 Å². The van der Waals surface area contributed by atoms with Gasteiger partial charge in [0, 0.05) is 11.0 Å². The molecule has 0 amide bonds. The lowest BCUT2D eigenvalue weighted by Gasteiger charge is -2.19. The van der Waals surface area contributed by atoms with E-state index in [1.165, 1.54) is 10.4 Å². The number of fused-ring (bicyclic) bond motifs is 1. The Bertz CT molecular complexity index is 667. The second-order valence-electron chi connectivity index (χ2n) is 4.83. The summed E-state index contributed by atoms with van der Waals surface area (Å²) in [6.07, 6.45) is 2.03. The molecule has 0 saturated heterocycles. The second-order valence-corrected chi connectivity index (χ2v) is 7.82. The third-order valence-corrected chi connectivity index (χ3v) is 6.47. The van der Waals surface area contributed by atoms with Crippen LogP contribution in [0.25, 0.3) is 0 Å². The Labute approximate surface area is 119 Å². The molecule has 2 aliphatic rings. The number of aromatic carboxylic acids is 1. The van der Waals surface area contributed by atoms with Gasteiger partial charge in [-0.1, -0.05) is 0 Å². The molecule has 5 nitrogen and oxygen atoms in total. The van der Waals surface area contributed by atoms with Crippen LogP contribution in [0.5, 0.6) is 0 Å². The molecule has 1 N–H and O–H groups in total. The van der Waals surface area contributed by atoms with Gasteiger partial charge in [0.15, 0.2) is 0 Å². The quantitative estimate of drug-likeness (QED) is 0.909. The van der Waals surface area contributed by atoms with Gasteiger partial charge in [-0.3, -0.25) is 4.31 Å². The van der Waals surface area contributed by atoms with Crippen LogP contribution in [0.15, 0.2) is 16.6 Å². The van der Waals surface area contributed by atoms with E-state index in [0.717, 1.165) is 5.56 Å². The van der Waals surface area contributed by atoms with Crippen LogP contribution >= 0.6 is 15.9 Å². The fraction of sp³-hybridized carbons (Fsp3) is 0.417. The summed E-state index contributed by atoms with van der Waals surface area (Å²) in [4.78, 5) is 11.1. The maximum atomic E-state index is 12.3. The largest absolute Gasteiger partial charge is 0.478 e. The fourth-order valence-corrected chi connectivity index (χ4v) is 4.79. The Balaban J connectivity index is 2.09. The Morgan fingerprint density at radius 2 is 2.05 bits per heavy atom. The molecule has 102 valence electrons. The van der Waals surface area contributed by atoms with Crippen molar-refractivity contribution < 1.29 is 18.3 Å². The van der Waals surface area contributed by atoms with Crippen molar-refractivity contribution in [1.29, 1.82) is 0 Å². The Kier molecular flexibility index (Phi) is 2.86. The van der Waals surface area contributed by atoms with Crippen LogP contribution in [-0.4, -0.2) is 31.3 Å². The van der Waals surface area contributed by atoms with Crippen LogP contribution in [0.1, 0.15) is 28.8 Å². The number of carboxylic acids is 1. The van der Waals surface area contributed by atoms with E-state index in [0.29, 0.717) is 36.0 Å². The zero-order chi connectivity index (χ0) is 13.8. The zero-order valence-corrected chi connectivity index (χ0v) is 12.4. The minimum absolute atomic E-state index is 0.0941. The SMILES string of the molecule is O=C(O)c1cc2c(cc1Br)CCN2S(=O)(=O)C1CC1. The number of hydrogen-bond acceptors (Lipinski definition) is 3. The van der Waals surface area contributed by atoms with Gasteiger partial charge in [0.05, 0.1) is 16.5 Å². The predicted molar refractivity (Wildman–Crippen MR) is 74.1 cm³/mol. The topological polar surface area (TPSA) is 74.7 Å². The fourth-order valence-electron chi connectivity index (χ4n) is 2.35. The average molecular weight is 346 g/mol. The third kappa shape index (κ3) is 2.04. The molecule has 0 bridgehead atoms. The summed E-state index contributed by atoms with van der Waals surface area (Å²) < 4.78 is 26.4. The van der Waals surface area contributed by atoms with Crippen LogP contribution in [0, 0.1) is 0 Å². The number of nitrogens with zero attached hydrogens (tertiary/aromatic N) is 1. The standard InChI is InChI=1S/C12H12BrNO4S/c13-10-5-7-3-4-14(19(17,18)8-1-2-8)11(7)6-9(10)12(15)16/h5-6,8H,1-4H2,(H,15,16). The molecular formula is C12H12BrNO4S. The molecule has 0 spiro atoms. The van der Waals surface area contributed by atoms with Crippen molar-refractivity contribution in [2.75, 3.05) is 10.8 Å². The average Bonchev–Trinajstić information content (AvgIpc) is 3.09. The number of benzene rings is 1. The van der Waals surface area contributed by atoms with Gasteiger partial charge in [-0.2, -0.15) is 0 Å². The van der Waals surface area contributed by atoms with Crippen LogP contribution in [0.2, 0.25) is 0 Å². The van der Waals surface area contributed by atoms with Crippen LogP contribution in [0.4, 0.5) is 5.69 Å². The summed E-state index contributed by atoms with van der Waals surface area (Å²) in [5.41, 5.74) is 1.49. The van der Waals surface area contributed by atoms with Crippen LogP contribution in [0.3, 0.4) is 0 Å². The summed E-state index contributed by atoms with van der Waals surface area (Å²) >= 11 is 3.21. The second kappa shape index (κ2) is 4.21. The van der Waals surface area contributed by atoms with Crippen molar-refractivity contribution in [2.45, 2.75) is 24.5 Å². The smallest absolute Gasteiger partial charge is 0.336 e. The van der Waals surface area contributed by atoms with Crippen molar-refractivity contribution in [3.05, 3.63) is 27.7 Å². The Morgan fingerprint density at radius 1 is 1.37 bits per heavy atom. The summed E-state index contributed by atoms with van der Waals surface area (Å²) in [7, 11) is -3.31. The van der Waals surface area contributed by atoms with Gasteiger partial charge in [-0.25, -0.2) is 13.2 Å². The number of halogens is 1. The summed E-state index contributed by atoms with van der Waals surface area (Å²) in [6.45, 7) is 0.406. The van der Waals surface area contributed by atoms with E-state index in [4.69, 9.17) is 5.11 Å². The number of carbonyl (C=O) groups is 1. The Hall–Kier alpha value is -1.08. The van der Waals surface area contributed by atoms with E-state index < -0.39 is 16.0 Å². The monoisotopic (exact) mass is 345 g/mol. The van der Waals surface area contributed by atoms with Gasteiger partial charge in [0.1, 0.15) is 0 Å². The number of anilines is 1. The summed E-state index contributed by atoms with van der Waals surface area (Å²) in [5, 5.41) is 8.83. The highest BCUT2D eigenvalue weighted by Gasteiger charge is 2.42. The molecule has 0 aromatic heterocycles. The highest BCUT2D eigenvalue weighted by atomic mass is 79.9. The lowest BCUT2D eigenvalue weighted by atomic mass is 10.1. The molecular weight excluding hydrogens is 334 g/mol. The number of sulfonamides is 1. The van der Waals surface area contributed by atoms with Gasteiger partial charge in [-0.05, 0) is 52.9 Å². The first-order chi connectivity index (χ1) is 8.91. The van der Waals surface area contributed by atoms with Gasteiger partial charge in [0.25, 0.3) is 0 Å². The maximum Gasteiger partial charge on any atom is 0.336 e. The molecule has 0 radical (unpaired) electrons. The first-order valence-corrected chi connectivity index (χ1v) is 8.28. The molecule has 1 saturated carbocycles. The minimum atomic E-state index is -3.31. The first kappa shape index (κ1) is 12.9. The van der Waals surface area contributed by atoms with Crippen molar-refractivity contribution >= 4 is 37.6 Å². The molecule has 1 aromatic rings. The van der Waals surface area contributed by atoms with E-state index >= 15 is 0 Å². The lowest BCUT2D eigenvalue weighted by Crippen LogP contribution is -2.32. The van der Waals surface area contributed by atoms with E-state index in [-0.39, 0.29) is 10.8 Å². The van der Waals surface area contributed by atoms with Crippen molar-refractivity contribution in [3.63, 3.8) is 0 Å². The zero-order valence-electron chi connectivity index (χ0n) is 9.97. The molecule has 19 heavy (non-hydrogen) atoms. The molecule has 0 atom stereocenters. The first-order valence-electron chi connectivity index (χ1n) is 5.98. The maximum absolute atomic E-state index is 12.3.